The van der Waals surface area contributed by atoms with Crippen LogP contribution in [0.2, 0.25) is 0 Å². The summed E-state index contributed by atoms with van der Waals surface area (Å²) in [6, 6.07) is 16.3. The van der Waals surface area contributed by atoms with Gasteiger partial charge < -0.3 is 19.7 Å². The predicted molar refractivity (Wildman–Crippen MR) is 113 cm³/mol. The Labute approximate surface area is 169 Å². The topological polar surface area (TPSA) is 33.7 Å². The zero-order chi connectivity index (χ0) is 17.2. The fourth-order valence-electron chi connectivity index (χ4n) is 2.32. The summed E-state index contributed by atoms with van der Waals surface area (Å²) in [5.41, 5.74) is 2.35. The molecule has 1 N–H and O–H groups in total. The summed E-state index contributed by atoms with van der Waals surface area (Å²) in [6.45, 7) is 5.97. The molecule has 0 aliphatic carbocycles. The molecule has 0 heterocycles. The average Bonchev–Trinajstić information content (AvgIpc) is 2.59. The zero-order valence-corrected chi connectivity index (χ0v) is 17.4. The van der Waals surface area contributed by atoms with Crippen LogP contribution in [0.4, 0.5) is 0 Å². The van der Waals surface area contributed by atoms with Gasteiger partial charge in [-0.15, -0.1) is 24.8 Å². The Morgan fingerprint density at radius 2 is 1.62 bits per heavy atom. The van der Waals surface area contributed by atoms with Gasteiger partial charge in [0.15, 0.2) is 11.5 Å². The van der Waals surface area contributed by atoms with Gasteiger partial charge in [0.1, 0.15) is 6.61 Å². The molecule has 0 amide bonds. The first kappa shape index (κ1) is 24.5. The first-order valence-corrected chi connectivity index (χ1v) is 8.47. The molecule has 0 aliphatic heterocycles. The van der Waals surface area contributed by atoms with Crippen molar-refractivity contribution in [3.63, 3.8) is 0 Å². The minimum Gasteiger partial charge on any atom is -0.490 e. The SMILES string of the molecule is CCOc1cc(CNCCN(C)C)ccc1OCc1ccccc1.Cl.Cl. The zero-order valence-electron chi connectivity index (χ0n) is 15.7. The molecule has 0 atom stereocenters. The van der Waals surface area contributed by atoms with Crippen molar-refractivity contribution in [2.75, 3.05) is 33.8 Å². The lowest BCUT2D eigenvalue weighted by atomic mass is 10.2. The number of rotatable bonds is 10. The summed E-state index contributed by atoms with van der Waals surface area (Å²) in [5.74, 6) is 1.60. The maximum absolute atomic E-state index is 5.94. The number of likely N-dealkylation sites (N-methyl/N-ethyl adjacent to an activating group) is 1. The maximum Gasteiger partial charge on any atom is 0.161 e. The van der Waals surface area contributed by atoms with Crippen LogP contribution in [0.25, 0.3) is 0 Å². The summed E-state index contributed by atoms with van der Waals surface area (Å²) < 4.78 is 11.7. The normalized spacial score (nSPS) is 10.0. The molecule has 0 radical (unpaired) electrons. The van der Waals surface area contributed by atoms with E-state index in [1.807, 2.05) is 31.2 Å². The lowest BCUT2D eigenvalue weighted by Crippen LogP contribution is -2.26. The van der Waals surface area contributed by atoms with Crippen LogP contribution in [0.5, 0.6) is 11.5 Å². The number of hydrogen-bond donors (Lipinski definition) is 1. The Kier molecular flexibility index (Phi) is 12.9. The van der Waals surface area contributed by atoms with E-state index >= 15 is 0 Å². The van der Waals surface area contributed by atoms with Crippen molar-refractivity contribution in [2.45, 2.75) is 20.1 Å². The molecule has 0 spiro atoms. The molecule has 4 nitrogen and oxygen atoms in total. The third kappa shape index (κ3) is 8.77. The highest BCUT2D eigenvalue weighted by molar-refractivity contribution is 5.85. The second-order valence-electron chi connectivity index (χ2n) is 5.97. The minimum atomic E-state index is 0. The van der Waals surface area contributed by atoms with E-state index in [9.17, 15) is 0 Å². The van der Waals surface area contributed by atoms with Crippen LogP contribution >= 0.6 is 24.8 Å². The second kappa shape index (κ2) is 13.7. The highest BCUT2D eigenvalue weighted by Crippen LogP contribution is 2.29. The molecule has 0 saturated carbocycles. The standard InChI is InChI=1S/C20H28N2O2.2ClH/c1-4-23-20-14-18(15-21-12-13-22(2)3)10-11-19(20)24-16-17-8-6-5-7-9-17;;/h5-11,14,21H,4,12-13,15-16H2,1-3H3;2*1H. The van der Waals surface area contributed by atoms with E-state index in [1.165, 1.54) is 5.56 Å². The van der Waals surface area contributed by atoms with Gasteiger partial charge >= 0.3 is 0 Å². The van der Waals surface area contributed by atoms with Crippen LogP contribution in [0.15, 0.2) is 48.5 Å². The first-order chi connectivity index (χ1) is 11.7. The molecule has 0 aromatic heterocycles. The van der Waals surface area contributed by atoms with Gasteiger partial charge in [-0.2, -0.15) is 0 Å². The minimum absolute atomic E-state index is 0. The van der Waals surface area contributed by atoms with Gasteiger partial charge in [0.25, 0.3) is 0 Å². The maximum atomic E-state index is 5.94. The first-order valence-electron chi connectivity index (χ1n) is 8.47. The Morgan fingerprint density at radius 3 is 2.27 bits per heavy atom. The van der Waals surface area contributed by atoms with Crippen LogP contribution in [-0.4, -0.2) is 38.7 Å². The summed E-state index contributed by atoms with van der Waals surface area (Å²) >= 11 is 0. The molecule has 0 bridgehead atoms. The third-order valence-corrected chi connectivity index (χ3v) is 3.61. The highest BCUT2D eigenvalue weighted by Gasteiger charge is 2.07. The van der Waals surface area contributed by atoms with Gasteiger partial charge in [0.2, 0.25) is 0 Å². The van der Waals surface area contributed by atoms with E-state index in [4.69, 9.17) is 9.47 Å². The molecule has 2 aromatic carbocycles. The summed E-state index contributed by atoms with van der Waals surface area (Å²) in [4.78, 5) is 2.17. The number of nitrogens with one attached hydrogen (secondary N) is 1. The molecular weight excluding hydrogens is 371 g/mol. The second-order valence-corrected chi connectivity index (χ2v) is 5.97. The molecular formula is C20H30Cl2N2O2. The van der Waals surface area contributed by atoms with Crippen LogP contribution in [0.1, 0.15) is 18.1 Å². The van der Waals surface area contributed by atoms with E-state index in [0.717, 1.165) is 36.7 Å². The summed E-state index contributed by atoms with van der Waals surface area (Å²) in [6.07, 6.45) is 0. The smallest absolute Gasteiger partial charge is 0.161 e. The lowest BCUT2D eigenvalue weighted by molar-refractivity contribution is 0.269. The number of halogens is 2. The van der Waals surface area contributed by atoms with Crippen molar-refractivity contribution in [2.24, 2.45) is 0 Å². The van der Waals surface area contributed by atoms with Crippen molar-refractivity contribution < 1.29 is 9.47 Å². The van der Waals surface area contributed by atoms with Crippen LogP contribution in [0.3, 0.4) is 0 Å². The Hall–Kier alpha value is -1.46. The molecule has 0 unspecified atom stereocenters. The molecule has 0 aliphatic rings. The molecule has 2 aromatic rings. The van der Waals surface area contributed by atoms with Crippen LogP contribution < -0.4 is 14.8 Å². The van der Waals surface area contributed by atoms with E-state index in [1.54, 1.807) is 0 Å². The molecule has 2 rings (SSSR count). The number of hydrogen-bond acceptors (Lipinski definition) is 4. The monoisotopic (exact) mass is 400 g/mol. The molecule has 0 fully saturated rings. The van der Waals surface area contributed by atoms with Crippen molar-refractivity contribution in [3.05, 3.63) is 59.7 Å². The van der Waals surface area contributed by atoms with Gasteiger partial charge in [-0.1, -0.05) is 36.4 Å². The third-order valence-electron chi connectivity index (χ3n) is 3.61. The highest BCUT2D eigenvalue weighted by atomic mass is 35.5. The Morgan fingerprint density at radius 1 is 0.885 bits per heavy atom. The van der Waals surface area contributed by atoms with Crippen LogP contribution in [-0.2, 0) is 13.2 Å². The van der Waals surface area contributed by atoms with Gasteiger partial charge in [0, 0.05) is 19.6 Å². The molecule has 6 heteroatoms. The van der Waals surface area contributed by atoms with Crippen LogP contribution in [0, 0.1) is 0 Å². The quantitative estimate of drug-likeness (QED) is 0.607. The molecule has 146 valence electrons. The van der Waals surface area contributed by atoms with Crippen molar-refractivity contribution in [1.29, 1.82) is 0 Å². The Balaban J connectivity index is 0.00000312. The number of ether oxygens (including phenoxy) is 2. The van der Waals surface area contributed by atoms with E-state index in [-0.39, 0.29) is 24.8 Å². The number of benzene rings is 2. The number of nitrogens with zero attached hydrogens (tertiary/aromatic N) is 1. The fourth-order valence-corrected chi connectivity index (χ4v) is 2.32. The van der Waals surface area contributed by atoms with E-state index < -0.39 is 0 Å². The predicted octanol–water partition coefficient (Wildman–Crippen LogP) is 4.16. The summed E-state index contributed by atoms with van der Waals surface area (Å²) in [5, 5.41) is 3.44. The average molecular weight is 401 g/mol. The fraction of sp³-hybridized carbons (Fsp3) is 0.400. The Bertz CT molecular complexity index is 610. The largest absolute Gasteiger partial charge is 0.490 e. The van der Waals surface area contributed by atoms with E-state index in [0.29, 0.717) is 13.2 Å². The summed E-state index contributed by atoms with van der Waals surface area (Å²) in [7, 11) is 4.15. The van der Waals surface area contributed by atoms with Crippen molar-refractivity contribution in [1.82, 2.24) is 10.2 Å². The van der Waals surface area contributed by atoms with E-state index in [2.05, 4.69) is 48.6 Å². The van der Waals surface area contributed by atoms with Crippen molar-refractivity contribution >= 4 is 24.8 Å². The lowest BCUT2D eigenvalue weighted by Gasteiger charge is -2.14. The van der Waals surface area contributed by atoms with Gasteiger partial charge in [-0.05, 0) is 44.3 Å². The van der Waals surface area contributed by atoms with Gasteiger partial charge in [-0.3, -0.25) is 0 Å². The van der Waals surface area contributed by atoms with Crippen molar-refractivity contribution in [3.8, 4) is 11.5 Å². The molecule has 26 heavy (non-hydrogen) atoms. The molecule has 0 saturated heterocycles. The van der Waals surface area contributed by atoms with Gasteiger partial charge in [0.05, 0.1) is 6.61 Å². The van der Waals surface area contributed by atoms with Gasteiger partial charge in [-0.25, -0.2) is 0 Å².